The second kappa shape index (κ2) is 7.95. The van der Waals surface area contributed by atoms with E-state index in [1.807, 2.05) is 0 Å². The van der Waals surface area contributed by atoms with Gasteiger partial charge < -0.3 is 16.4 Å². The van der Waals surface area contributed by atoms with E-state index in [0.29, 0.717) is 17.4 Å². The fraction of sp³-hybridized carbons (Fsp3) is 0.111. The summed E-state index contributed by atoms with van der Waals surface area (Å²) in [5, 5.41) is 4.86. The summed E-state index contributed by atoms with van der Waals surface area (Å²) in [6.07, 6.45) is 1.23. The fourth-order valence-corrected chi connectivity index (χ4v) is 3.13. The number of hydrogen-bond acceptors (Lipinski definition) is 5. The van der Waals surface area contributed by atoms with E-state index in [1.54, 1.807) is 19.1 Å². The lowest BCUT2D eigenvalue weighted by atomic mass is 10.1. The van der Waals surface area contributed by atoms with Crippen LogP contribution in [0.2, 0.25) is 10.0 Å². The third kappa shape index (κ3) is 3.56. The van der Waals surface area contributed by atoms with Gasteiger partial charge in [-0.15, -0.1) is 0 Å². The Morgan fingerprint density at radius 2 is 1.89 bits per heavy atom. The van der Waals surface area contributed by atoms with Crippen LogP contribution in [0.4, 0.5) is 15.9 Å². The summed E-state index contributed by atoms with van der Waals surface area (Å²) in [5.41, 5.74) is 5.91. The molecule has 0 aliphatic carbocycles. The number of hydrogen-bond donors (Lipinski definition) is 3. The molecular weight excluding hydrogens is 408 g/mol. The second-order valence-electron chi connectivity index (χ2n) is 5.68. The number of benzene rings is 2. The van der Waals surface area contributed by atoms with E-state index in [4.69, 9.17) is 28.9 Å². The summed E-state index contributed by atoms with van der Waals surface area (Å²) in [6.45, 7) is 2.02. The molecule has 0 spiro atoms. The molecule has 10 heteroatoms. The number of fused-ring (bicyclic) bond motifs is 1. The predicted octanol–water partition coefficient (Wildman–Crippen LogP) is 3.66. The number of amides is 2. The molecule has 0 aliphatic heterocycles. The van der Waals surface area contributed by atoms with Crippen LogP contribution in [0.5, 0.6) is 0 Å². The highest BCUT2D eigenvalue weighted by Gasteiger charge is 2.23. The molecule has 2 aromatic carbocycles. The van der Waals surface area contributed by atoms with Crippen molar-refractivity contribution < 1.29 is 14.0 Å². The molecule has 0 fully saturated rings. The molecule has 0 bridgehead atoms. The zero-order valence-corrected chi connectivity index (χ0v) is 16.0. The summed E-state index contributed by atoms with van der Waals surface area (Å²) in [6, 6.07) is 5.69. The number of rotatable bonds is 4. The van der Waals surface area contributed by atoms with Crippen LogP contribution in [0, 0.1) is 5.82 Å². The van der Waals surface area contributed by atoms with Crippen LogP contribution in [-0.2, 0) is 0 Å². The predicted molar refractivity (Wildman–Crippen MR) is 106 cm³/mol. The van der Waals surface area contributed by atoms with Crippen molar-refractivity contribution in [1.29, 1.82) is 0 Å². The SMILES string of the molecule is CCNC(=O)c1cc(F)c(Cl)c(NC(=O)c2cccc3c(N)ncnc23)c1Cl. The van der Waals surface area contributed by atoms with Crippen LogP contribution < -0.4 is 16.4 Å². The molecule has 0 saturated carbocycles. The molecule has 3 aromatic rings. The number of para-hydroxylation sites is 1. The summed E-state index contributed by atoms with van der Waals surface area (Å²) in [7, 11) is 0. The van der Waals surface area contributed by atoms with Crippen molar-refractivity contribution in [3.05, 3.63) is 57.6 Å². The van der Waals surface area contributed by atoms with Gasteiger partial charge in [-0.3, -0.25) is 9.59 Å². The minimum absolute atomic E-state index is 0.148. The maximum absolute atomic E-state index is 14.2. The van der Waals surface area contributed by atoms with Crippen LogP contribution in [0.25, 0.3) is 10.9 Å². The molecule has 0 saturated heterocycles. The van der Waals surface area contributed by atoms with Crippen LogP contribution in [0.3, 0.4) is 0 Å². The summed E-state index contributed by atoms with van der Waals surface area (Å²) in [5.74, 6) is -1.93. The smallest absolute Gasteiger partial charge is 0.257 e. The second-order valence-corrected chi connectivity index (χ2v) is 6.44. The molecule has 28 heavy (non-hydrogen) atoms. The van der Waals surface area contributed by atoms with E-state index < -0.39 is 22.7 Å². The number of halogens is 3. The van der Waals surface area contributed by atoms with Crippen molar-refractivity contribution in [3.8, 4) is 0 Å². The Kier molecular flexibility index (Phi) is 5.62. The lowest BCUT2D eigenvalue weighted by Crippen LogP contribution is -2.24. The lowest BCUT2D eigenvalue weighted by Gasteiger charge is -2.14. The van der Waals surface area contributed by atoms with E-state index in [1.165, 1.54) is 12.4 Å². The van der Waals surface area contributed by atoms with Crippen molar-refractivity contribution >= 4 is 57.4 Å². The van der Waals surface area contributed by atoms with Gasteiger partial charge in [-0.2, -0.15) is 0 Å². The summed E-state index contributed by atoms with van der Waals surface area (Å²) >= 11 is 12.2. The van der Waals surface area contributed by atoms with Gasteiger partial charge in [0.05, 0.1) is 27.4 Å². The van der Waals surface area contributed by atoms with Gasteiger partial charge in [0.25, 0.3) is 11.8 Å². The van der Waals surface area contributed by atoms with Gasteiger partial charge in [-0.1, -0.05) is 29.3 Å². The van der Waals surface area contributed by atoms with E-state index >= 15 is 0 Å². The molecule has 1 aromatic heterocycles. The molecule has 3 rings (SSSR count). The van der Waals surface area contributed by atoms with Gasteiger partial charge in [0.1, 0.15) is 23.0 Å². The number of carbonyl (C=O) groups is 2. The first kappa shape index (κ1) is 19.8. The topological polar surface area (TPSA) is 110 Å². The van der Waals surface area contributed by atoms with Gasteiger partial charge in [0.2, 0.25) is 0 Å². The monoisotopic (exact) mass is 421 g/mol. The molecule has 2 amide bonds. The number of aromatic nitrogens is 2. The largest absolute Gasteiger partial charge is 0.383 e. The first-order chi connectivity index (χ1) is 13.3. The zero-order chi connectivity index (χ0) is 20.4. The molecule has 0 aliphatic rings. The van der Waals surface area contributed by atoms with Crippen molar-refractivity contribution in [2.75, 3.05) is 17.6 Å². The van der Waals surface area contributed by atoms with E-state index in [9.17, 15) is 14.0 Å². The number of nitrogens with zero attached hydrogens (tertiary/aromatic N) is 2. The average molecular weight is 422 g/mol. The highest BCUT2D eigenvalue weighted by molar-refractivity contribution is 6.42. The van der Waals surface area contributed by atoms with Crippen LogP contribution in [0.1, 0.15) is 27.6 Å². The normalized spacial score (nSPS) is 10.7. The standard InChI is InChI=1S/C18H14Cl2FN5O2/c1-2-23-17(27)10-6-11(21)13(20)15(12(10)19)26-18(28)9-5-3-4-8-14(9)24-7-25-16(8)22/h3-7H,2H2,1H3,(H,23,27)(H,26,28)(H2,22,24,25). The van der Waals surface area contributed by atoms with Crippen LogP contribution >= 0.6 is 23.2 Å². The minimum Gasteiger partial charge on any atom is -0.383 e. The van der Waals surface area contributed by atoms with Gasteiger partial charge in [0, 0.05) is 11.9 Å². The van der Waals surface area contributed by atoms with Crippen molar-refractivity contribution in [1.82, 2.24) is 15.3 Å². The van der Waals surface area contributed by atoms with E-state index in [0.717, 1.165) is 6.07 Å². The molecule has 4 N–H and O–H groups in total. The Labute approximate surface area is 169 Å². The molecule has 7 nitrogen and oxygen atoms in total. The van der Waals surface area contributed by atoms with Gasteiger partial charge in [-0.25, -0.2) is 14.4 Å². The molecular formula is C18H14Cl2FN5O2. The molecule has 1 heterocycles. The van der Waals surface area contributed by atoms with Crippen LogP contribution in [-0.4, -0.2) is 28.3 Å². The Morgan fingerprint density at radius 1 is 1.14 bits per heavy atom. The van der Waals surface area contributed by atoms with E-state index in [2.05, 4.69) is 20.6 Å². The number of anilines is 2. The Balaban J connectivity index is 2.06. The maximum atomic E-state index is 14.2. The number of nitrogens with two attached hydrogens (primary N) is 1. The third-order valence-electron chi connectivity index (χ3n) is 3.92. The highest BCUT2D eigenvalue weighted by Crippen LogP contribution is 2.36. The first-order valence-corrected chi connectivity index (χ1v) is 8.87. The average Bonchev–Trinajstić information content (AvgIpc) is 2.68. The quantitative estimate of drug-likeness (QED) is 0.556. The summed E-state index contributed by atoms with van der Waals surface area (Å²) in [4.78, 5) is 32.9. The number of nitrogens with one attached hydrogen (secondary N) is 2. The Bertz CT molecular complexity index is 1110. The van der Waals surface area contributed by atoms with Crippen molar-refractivity contribution in [2.24, 2.45) is 0 Å². The molecule has 0 radical (unpaired) electrons. The van der Waals surface area contributed by atoms with Crippen molar-refractivity contribution in [2.45, 2.75) is 6.92 Å². The molecule has 0 unspecified atom stereocenters. The first-order valence-electron chi connectivity index (χ1n) is 8.11. The maximum Gasteiger partial charge on any atom is 0.257 e. The van der Waals surface area contributed by atoms with Gasteiger partial charge in [0.15, 0.2) is 0 Å². The molecule has 144 valence electrons. The zero-order valence-electron chi connectivity index (χ0n) is 14.5. The fourth-order valence-electron chi connectivity index (χ4n) is 2.61. The number of carbonyl (C=O) groups excluding carboxylic acids is 2. The van der Waals surface area contributed by atoms with Crippen molar-refractivity contribution in [3.63, 3.8) is 0 Å². The van der Waals surface area contributed by atoms with Crippen LogP contribution in [0.15, 0.2) is 30.6 Å². The number of nitrogen functional groups attached to an aromatic ring is 1. The highest BCUT2D eigenvalue weighted by atomic mass is 35.5. The minimum atomic E-state index is -0.896. The lowest BCUT2D eigenvalue weighted by molar-refractivity contribution is 0.0954. The Hall–Kier alpha value is -2.97. The summed E-state index contributed by atoms with van der Waals surface area (Å²) < 4.78 is 14.2. The van der Waals surface area contributed by atoms with Gasteiger partial charge in [-0.05, 0) is 25.1 Å². The van der Waals surface area contributed by atoms with Gasteiger partial charge >= 0.3 is 0 Å². The molecule has 0 atom stereocenters. The Morgan fingerprint density at radius 3 is 2.61 bits per heavy atom. The van der Waals surface area contributed by atoms with E-state index in [-0.39, 0.29) is 27.7 Å². The third-order valence-corrected chi connectivity index (χ3v) is 4.68.